The number of carbonyl (C=O) groups is 1. The van der Waals surface area contributed by atoms with Gasteiger partial charge < -0.3 is 5.11 Å². The van der Waals surface area contributed by atoms with Gasteiger partial charge in [0.25, 0.3) is 0 Å². The zero-order valence-electron chi connectivity index (χ0n) is 7.81. The molecule has 1 aromatic heterocycles. The van der Waals surface area contributed by atoms with Crippen LogP contribution < -0.4 is 0 Å². The van der Waals surface area contributed by atoms with Crippen LogP contribution in [-0.4, -0.2) is 17.2 Å². The van der Waals surface area contributed by atoms with Crippen molar-refractivity contribution in [3.05, 3.63) is 35.2 Å². The van der Waals surface area contributed by atoms with Crippen molar-refractivity contribution < 1.29 is 14.3 Å². The van der Waals surface area contributed by atoms with E-state index in [-0.39, 0.29) is 6.42 Å². The Hall–Kier alpha value is -1.42. The highest BCUT2D eigenvalue weighted by Crippen LogP contribution is 2.26. The molecular weight excluding hydrogens is 215 g/mol. The second-order valence-electron chi connectivity index (χ2n) is 3.27. The Morgan fingerprint density at radius 2 is 2.20 bits per heavy atom. The zero-order chi connectivity index (χ0) is 10.8. The first-order valence-corrected chi connectivity index (χ1v) is 5.38. The molecule has 2 nitrogen and oxygen atoms in total. The standard InChI is InChI=1S/C11H9FO2S/c12-9(11(13)14)5-7-6-15-10-4-2-1-3-8(7)10/h1-4,6,9H,5H2,(H,13,14). The van der Waals surface area contributed by atoms with Crippen LogP contribution >= 0.6 is 11.3 Å². The summed E-state index contributed by atoms with van der Waals surface area (Å²) in [7, 11) is 0. The molecule has 1 heterocycles. The lowest BCUT2D eigenvalue weighted by Gasteiger charge is -2.01. The van der Waals surface area contributed by atoms with Crippen LogP contribution in [-0.2, 0) is 11.2 Å². The first kappa shape index (κ1) is 10.1. The number of thiophene rings is 1. The van der Waals surface area contributed by atoms with Gasteiger partial charge in [-0.15, -0.1) is 11.3 Å². The molecule has 15 heavy (non-hydrogen) atoms. The van der Waals surface area contributed by atoms with Gasteiger partial charge in [-0.3, -0.25) is 0 Å². The number of benzene rings is 1. The van der Waals surface area contributed by atoms with E-state index in [0.717, 1.165) is 15.6 Å². The van der Waals surface area contributed by atoms with E-state index < -0.39 is 12.1 Å². The van der Waals surface area contributed by atoms with E-state index in [1.807, 2.05) is 29.6 Å². The molecule has 0 fully saturated rings. The Balaban J connectivity index is 2.32. The maximum absolute atomic E-state index is 13.0. The Labute approximate surface area is 90.0 Å². The van der Waals surface area contributed by atoms with Gasteiger partial charge in [-0.05, 0) is 22.4 Å². The Kier molecular flexibility index (Phi) is 2.68. The average molecular weight is 224 g/mol. The maximum atomic E-state index is 13.0. The van der Waals surface area contributed by atoms with Crippen molar-refractivity contribution in [2.24, 2.45) is 0 Å². The predicted molar refractivity (Wildman–Crippen MR) is 58.1 cm³/mol. The molecule has 0 amide bonds. The van der Waals surface area contributed by atoms with Gasteiger partial charge in [0, 0.05) is 11.1 Å². The number of hydrogen-bond acceptors (Lipinski definition) is 2. The summed E-state index contributed by atoms with van der Waals surface area (Å²) in [5, 5.41) is 11.3. The highest BCUT2D eigenvalue weighted by Gasteiger charge is 2.17. The second-order valence-corrected chi connectivity index (χ2v) is 4.18. The van der Waals surface area contributed by atoms with E-state index in [1.54, 1.807) is 0 Å². The van der Waals surface area contributed by atoms with Gasteiger partial charge in [0.2, 0.25) is 6.17 Å². The number of rotatable bonds is 3. The van der Waals surface area contributed by atoms with E-state index in [1.165, 1.54) is 11.3 Å². The van der Waals surface area contributed by atoms with Crippen LogP contribution in [0.1, 0.15) is 5.56 Å². The summed E-state index contributed by atoms with van der Waals surface area (Å²) in [6, 6.07) is 7.60. The number of carboxylic acid groups (broad SMARTS) is 1. The van der Waals surface area contributed by atoms with Gasteiger partial charge in [-0.1, -0.05) is 18.2 Å². The van der Waals surface area contributed by atoms with Crippen LogP contribution in [0.15, 0.2) is 29.6 Å². The molecule has 1 unspecified atom stereocenters. The Bertz CT molecular complexity index is 492. The smallest absolute Gasteiger partial charge is 0.338 e. The second kappa shape index (κ2) is 3.98. The van der Waals surface area contributed by atoms with Crippen LogP contribution in [0.3, 0.4) is 0 Å². The predicted octanol–water partition coefficient (Wildman–Crippen LogP) is 2.87. The molecule has 1 aromatic carbocycles. The summed E-state index contributed by atoms with van der Waals surface area (Å²) < 4.78 is 14.1. The molecule has 0 bridgehead atoms. The summed E-state index contributed by atoms with van der Waals surface area (Å²) in [6.45, 7) is 0. The fourth-order valence-corrected chi connectivity index (χ4v) is 2.45. The van der Waals surface area contributed by atoms with Gasteiger partial charge in [-0.2, -0.15) is 0 Å². The minimum Gasteiger partial charge on any atom is -0.479 e. The van der Waals surface area contributed by atoms with Crippen LogP contribution in [0.5, 0.6) is 0 Å². The number of aliphatic carboxylic acids is 1. The third-order valence-corrected chi connectivity index (χ3v) is 3.24. The van der Waals surface area contributed by atoms with Gasteiger partial charge >= 0.3 is 5.97 Å². The molecule has 0 spiro atoms. The normalized spacial score (nSPS) is 12.9. The molecule has 0 aliphatic rings. The number of carboxylic acids is 1. The van der Waals surface area contributed by atoms with Crippen LogP contribution in [0.25, 0.3) is 10.1 Å². The van der Waals surface area contributed by atoms with Crippen molar-refractivity contribution in [3.8, 4) is 0 Å². The quantitative estimate of drug-likeness (QED) is 0.870. The molecule has 0 saturated heterocycles. The van der Waals surface area contributed by atoms with Gasteiger partial charge in [0.05, 0.1) is 0 Å². The summed E-state index contributed by atoms with van der Waals surface area (Å²) in [4.78, 5) is 10.4. The van der Waals surface area contributed by atoms with Crippen molar-refractivity contribution in [1.82, 2.24) is 0 Å². The van der Waals surface area contributed by atoms with E-state index in [2.05, 4.69) is 0 Å². The summed E-state index contributed by atoms with van der Waals surface area (Å²) in [5.41, 5.74) is 0.769. The lowest BCUT2D eigenvalue weighted by atomic mass is 10.1. The number of fused-ring (bicyclic) bond motifs is 1. The minimum absolute atomic E-state index is 0.0562. The highest BCUT2D eigenvalue weighted by atomic mass is 32.1. The number of halogens is 1. The van der Waals surface area contributed by atoms with E-state index in [0.29, 0.717) is 0 Å². The zero-order valence-corrected chi connectivity index (χ0v) is 8.63. The molecule has 1 atom stereocenters. The number of alkyl halides is 1. The molecule has 0 radical (unpaired) electrons. The Morgan fingerprint density at radius 1 is 1.47 bits per heavy atom. The molecule has 78 valence electrons. The van der Waals surface area contributed by atoms with Crippen molar-refractivity contribution in [1.29, 1.82) is 0 Å². The SMILES string of the molecule is O=C(O)C(F)Cc1csc2ccccc12. The monoisotopic (exact) mass is 224 g/mol. The third kappa shape index (κ3) is 1.99. The fourth-order valence-electron chi connectivity index (χ4n) is 1.47. The van der Waals surface area contributed by atoms with Crippen LogP contribution in [0.4, 0.5) is 4.39 Å². The molecule has 1 N–H and O–H groups in total. The average Bonchev–Trinajstić information content (AvgIpc) is 2.62. The molecule has 0 saturated carbocycles. The minimum atomic E-state index is -1.82. The topological polar surface area (TPSA) is 37.3 Å². The third-order valence-electron chi connectivity index (χ3n) is 2.23. The maximum Gasteiger partial charge on any atom is 0.338 e. The molecule has 0 aliphatic heterocycles. The first-order valence-electron chi connectivity index (χ1n) is 4.50. The van der Waals surface area contributed by atoms with Crippen LogP contribution in [0, 0.1) is 0 Å². The van der Waals surface area contributed by atoms with Crippen LogP contribution in [0.2, 0.25) is 0 Å². The van der Waals surface area contributed by atoms with Gasteiger partial charge in [-0.25, -0.2) is 9.18 Å². The number of hydrogen-bond donors (Lipinski definition) is 1. The largest absolute Gasteiger partial charge is 0.479 e. The fraction of sp³-hybridized carbons (Fsp3) is 0.182. The van der Waals surface area contributed by atoms with Crippen molar-refractivity contribution in [2.75, 3.05) is 0 Å². The molecule has 2 aromatic rings. The summed E-state index contributed by atoms with van der Waals surface area (Å²) in [6.07, 6.45) is -1.87. The van der Waals surface area contributed by atoms with Crippen molar-refractivity contribution in [2.45, 2.75) is 12.6 Å². The highest BCUT2D eigenvalue weighted by molar-refractivity contribution is 7.17. The first-order chi connectivity index (χ1) is 7.18. The van der Waals surface area contributed by atoms with Gasteiger partial charge in [0.1, 0.15) is 0 Å². The summed E-state index contributed by atoms with van der Waals surface area (Å²) >= 11 is 1.51. The van der Waals surface area contributed by atoms with E-state index >= 15 is 0 Å². The van der Waals surface area contributed by atoms with Crippen molar-refractivity contribution in [3.63, 3.8) is 0 Å². The molecule has 0 aliphatic carbocycles. The van der Waals surface area contributed by atoms with Crippen molar-refractivity contribution >= 4 is 27.4 Å². The van der Waals surface area contributed by atoms with E-state index in [9.17, 15) is 9.18 Å². The summed E-state index contributed by atoms with van der Waals surface area (Å²) in [5.74, 6) is -1.40. The molecule has 4 heteroatoms. The Morgan fingerprint density at radius 3 is 2.93 bits per heavy atom. The lowest BCUT2D eigenvalue weighted by molar-refractivity contribution is -0.142. The lowest BCUT2D eigenvalue weighted by Crippen LogP contribution is -2.16. The molecule has 2 rings (SSSR count). The molecular formula is C11H9FO2S. The van der Waals surface area contributed by atoms with E-state index in [4.69, 9.17) is 5.11 Å². The van der Waals surface area contributed by atoms with Gasteiger partial charge in [0.15, 0.2) is 0 Å².